The van der Waals surface area contributed by atoms with Crippen LogP contribution in [0.15, 0.2) is 53.6 Å². The Morgan fingerprint density at radius 1 is 1.23 bits per heavy atom. The molecule has 1 N–H and O–H groups in total. The van der Waals surface area contributed by atoms with Crippen LogP contribution in [0.4, 0.5) is 5.69 Å². The van der Waals surface area contributed by atoms with Crippen molar-refractivity contribution in [3.63, 3.8) is 0 Å². The summed E-state index contributed by atoms with van der Waals surface area (Å²) in [6.45, 7) is 5.69. The van der Waals surface area contributed by atoms with Crippen molar-refractivity contribution in [2.24, 2.45) is 5.10 Å². The lowest BCUT2D eigenvalue weighted by atomic mass is 10.0. The van der Waals surface area contributed by atoms with Gasteiger partial charge < -0.3 is 4.74 Å². The highest BCUT2D eigenvalue weighted by atomic mass is 16.6. The number of rotatable bonds is 7. The fraction of sp³-hybridized carbons (Fsp3) is 0.263. The van der Waals surface area contributed by atoms with Gasteiger partial charge >= 0.3 is 0 Å². The molecule has 0 spiro atoms. The van der Waals surface area contributed by atoms with E-state index in [1.54, 1.807) is 19.1 Å². The van der Waals surface area contributed by atoms with E-state index in [-0.39, 0.29) is 12.3 Å². The zero-order valence-corrected chi connectivity index (χ0v) is 14.9. The first-order valence-corrected chi connectivity index (χ1v) is 8.17. The first-order valence-electron chi connectivity index (χ1n) is 8.17. The first kappa shape index (κ1) is 19.1. The SMILES string of the molecule is C/C(=N\NC(=O)COc1ccc(C(C)C)cc1)c1cccc([N+](=O)[O-])c1. The molecule has 0 heterocycles. The molecule has 7 heteroatoms. The number of hydrazone groups is 1. The second-order valence-corrected chi connectivity index (χ2v) is 6.05. The fourth-order valence-electron chi connectivity index (χ4n) is 2.19. The van der Waals surface area contributed by atoms with Crippen LogP contribution in [-0.4, -0.2) is 23.1 Å². The van der Waals surface area contributed by atoms with Crippen LogP contribution in [0.1, 0.15) is 37.8 Å². The molecule has 0 fully saturated rings. The highest BCUT2D eigenvalue weighted by Crippen LogP contribution is 2.18. The molecule has 0 saturated heterocycles. The average Bonchev–Trinajstić information content (AvgIpc) is 2.64. The molecule has 0 radical (unpaired) electrons. The number of nitrogens with one attached hydrogen (secondary N) is 1. The molecule has 2 rings (SSSR count). The van der Waals surface area contributed by atoms with Gasteiger partial charge in [0.15, 0.2) is 6.61 Å². The highest BCUT2D eigenvalue weighted by Gasteiger charge is 2.08. The van der Waals surface area contributed by atoms with E-state index in [0.717, 1.165) is 0 Å². The van der Waals surface area contributed by atoms with E-state index in [0.29, 0.717) is 22.9 Å². The maximum absolute atomic E-state index is 11.9. The first-order chi connectivity index (χ1) is 12.4. The lowest BCUT2D eigenvalue weighted by molar-refractivity contribution is -0.384. The van der Waals surface area contributed by atoms with Gasteiger partial charge in [0.05, 0.1) is 10.6 Å². The van der Waals surface area contributed by atoms with Crippen LogP contribution >= 0.6 is 0 Å². The van der Waals surface area contributed by atoms with Gasteiger partial charge in [-0.3, -0.25) is 14.9 Å². The van der Waals surface area contributed by atoms with E-state index >= 15 is 0 Å². The highest BCUT2D eigenvalue weighted by molar-refractivity contribution is 5.99. The summed E-state index contributed by atoms with van der Waals surface area (Å²) in [6, 6.07) is 13.6. The molecule has 2 aromatic rings. The van der Waals surface area contributed by atoms with Gasteiger partial charge in [-0.2, -0.15) is 5.10 Å². The molecular weight excluding hydrogens is 334 g/mol. The van der Waals surface area contributed by atoms with Gasteiger partial charge in [0, 0.05) is 17.7 Å². The molecule has 0 saturated carbocycles. The molecule has 0 aromatic heterocycles. The van der Waals surface area contributed by atoms with Crippen molar-refractivity contribution in [1.82, 2.24) is 5.43 Å². The summed E-state index contributed by atoms with van der Waals surface area (Å²) in [7, 11) is 0. The lowest BCUT2D eigenvalue weighted by Crippen LogP contribution is -2.25. The van der Waals surface area contributed by atoms with Crippen molar-refractivity contribution in [3.8, 4) is 5.75 Å². The molecule has 136 valence electrons. The Morgan fingerprint density at radius 2 is 1.92 bits per heavy atom. The van der Waals surface area contributed by atoms with E-state index in [1.165, 1.54) is 17.7 Å². The summed E-state index contributed by atoms with van der Waals surface area (Å²) in [5.74, 6) is 0.616. The number of benzene rings is 2. The topological polar surface area (TPSA) is 93.8 Å². The summed E-state index contributed by atoms with van der Waals surface area (Å²) in [6.07, 6.45) is 0. The normalized spacial score (nSPS) is 11.3. The molecule has 0 atom stereocenters. The Morgan fingerprint density at radius 3 is 2.54 bits per heavy atom. The van der Waals surface area contributed by atoms with Gasteiger partial charge in [-0.25, -0.2) is 5.43 Å². The third kappa shape index (κ3) is 5.41. The van der Waals surface area contributed by atoms with Crippen molar-refractivity contribution in [2.75, 3.05) is 6.61 Å². The largest absolute Gasteiger partial charge is 0.484 e. The van der Waals surface area contributed by atoms with Gasteiger partial charge in [0.2, 0.25) is 0 Å². The van der Waals surface area contributed by atoms with E-state index < -0.39 is 10.8 Å². The van der Waals surface area contributed by atoms with E-state index in [2.05, 4.69) is 24.4 Å². The standard InChI is InChI=1S/C19H21N3O4/c1-13(2)15-7-9-18(10-8-15)26-12-19(23)21-20-14(3)16-5-4-6-17(11-16)22(24)25/h4-11,13H,12H2,1-3H3,(H,21,23)/b20-14+. The van der Waals surface area contributed by atoms with Crippen molar-refractivity contribution < 1.29 is 14.5 Å². The number of nitro benzene ring substituents is 1. The minimum Gasteiger partial charge on any atom is -0.484 e. The molecule has 0 aliphatic heterocycles. The average molecular weight is 355 g/mol. The third-order valence-electron chi connectivity index (χ3n) is 3.74. The van der Waals surface area contributed by atoms with Gasteiger partial charge in [0.1, 0.15) is 5.75 Å². The predicted molar refractivity (Wildman–Crippen MR) is 99.5 cm³/mol. The van der Waals surface area contributed by atoms with Gasteiger partial charge in [0.25, 0.3) is 11.6 Å². The Kier molecular flexibility index (Phi) is 6.43. The minimum absolute atomic E-state index is 0.0310. The maximum atomic E-state index is 11.9. The molecule has 26 heavy (non-hydrogen) atoms. The molecule has 2 aromatic carbocycles. The van der Waals surface area contributed by atoms with Crippen LogP contribution in [0.25, 0.3) is 0 Å². The van der Waals surface area contributed by atoms with Gasteiger partial charge in [-0.1, -0.05) is 38.1 Å². The Hall–Kier alpha value is -3.22. The number of hydrogen-bond acceptors (Lipinski definition) is 5. The quantitative estimate of drug-likeness (QED) is 0.466. The Balaban J connectivity index is 1.90. The molecule has 7 nitrogen and oxygen atoms in total. The zero-order chi connectivity index (χ0) is 19.1. The number of nitro groups is 1. The second kappa shape index (κ2) is 8.75. The molecule has 1 amide bonds. The Labute approximate surface area is 151 Å². The zero-order valence-electron chi connectivity index (χ0n) is 14.9. The smallest absolute Gasteiger partial charge is 0.277 e. The Bertz CT molecular complexity index is 814. The monoisotopic (exact) mass is 355 g/mol. The number of carbonyl (C=O) groups is 1. The van der Waals surface area contributed by atoms with Gasteiger partial charge in [-0.15, -0.1) is 0 Å². The molecule has 0 bridgehead atoms. The third-order valence-corrected chi connectivity index (χ3v) is 3.74. The number of nitrogens with zero attached hydrogens (tertiary/aromatic N) is 2. The van der Waals surface area contributed by atoms with Crippen LogP contribution in [0, 0.1) is 10.1 Å². The summed E-state index contributed by atoms with van der Waals surface area (Å²) in [5, 5.41) is 14.8. The van der Waals surface area contributed by atoms with Crippen LogP contribution in [0.3, 0.4) is 0 Å². The summed E-state index contributed by atoms with van der Waals surface area (Å²) < 4.78 is 5.42. The molecule has 0 aliphatic rings. The van der Waals surface area contributed by atoms with Crippen LogP contribution in [-0.2, 0) is 4.79 Å². The van der Waals surface area contributed by atoms with Crippen LogP contribution in [0.5, 0.6) is 5.75 Å². The number of carbonyl (C=O) groups excluding carboxylic acids is 1. The number of non-ortho nitro benzene ring substituents is 1. The maximum Gasteiger partial charge on any atom is 0.277 e. The second-order valence-electron chi connectivity index (χ2n) is 6.05. The van der Waals surface area contributed by atoms with E-state index in [1.807, 2.05) is 24.3 Å². The minimum atomic E-state index is -0.478. The predicted octanol–water partition coefficient (Wildman–Crippen LogP) is 3.64. The number of amides is 1. The van der Waals surface area contributed by atoms with Crippen LogP contribution in [0.2, 0.25) is 0 Å². The van der Waals surface area contributed by atoms with Crippen molar-refractivity contribution >= 4 is 17.3 Å². The lowest BCUT2D eigenvalue weighted by Gasteiger charge is -2.08. The van der Waals surface area contributed by atoms with Crippen molar-refractivity contribution in [1.29, 1.82) is 0 Å². The molecular formula is C19H21N3O4. The fourth-order valence-corrected chi connectivity index (χ4v) is 2.19. The number of hydrogen-bond donors (Lipinski definition) is 1. The summed E-state index contributed by atoms with van der Waals surface area (Å²) in [5.41, 5.74) is 4.57. The molecule has 0 unspecified atom stereocenters. The van der Waals surface area contributed by atoms with Crippen molar-refractivity contribution in [3.05, 3.63) is 69.8 Å². The number of ether oxygens (including phenoxy) is 1. The van der Waals surface area contributed by atoms with Crippen LogP contribution < -0.4 is 10.2 Å². The summed E-state index contributed by atoms with van der Waals surface area (Å²) >= 11 is 0. The summed E-state index contributed by atoms with van der Waals surface area (Å²) in [4.78, 5) is 22.2. The van der Waals surface area contributed by atoms with E-state index in [9.17, 15) is 14.9 Å². The van der Waals surface area contributed by atoms with Crippen molar-refractivity contribution in [2.45, 2.75) is 26.7 Å². The van der Waals surface area contributed by atoms with Gasteiger partial charge in [-0.05, 0) is 30.5 Å². The van der Waals surface area contributed by atoms with E-state index in [4.69, 9.17) is 4.74 Å². The molecule has 0 aliphatic carbocycles.